The molecule has 0 aliphatic carbocycles. The van der Waals surface area contributed by atoms with Gasteiger partial charge in [0.2, 0.25) is 0 Å². The van der Waals surface area contributed by atoms with Crippen LogP contribution in [0, 0.1) is 5.92 Å². The Morgan fingerprint density at radius 2 is 1.86 bits per heavy atom. The highest BCUT2D eigenvalue weighted by molar-refractivity contribution is 7.92. The van der Waals surface area contributed by atoms with Gasteiger partial charge in [-0.2, -0.15) is 21.6 Å². The van der Waals surface area contributed by atoms with Crippen LogP contribution in [0.15, 0.2) is 60.0 Å². The summed E-state index contributed by atoms with van der Waals surface area (Å²) in [6.07, 6.45) is -2.10. The van der Waals surface area contributed by atoms with Crippen molar-refractivity contribution in [1.29, 1.82) is 0 Å². The van der Waals surface area contributed by atoms with Gasteiger partial charge in [-0.05, 0) is 36.6 Å². The summed E-state index contributed by atoms with van der Waals surface area (Å²) in [6.45, 7) is 4.85. The van der Waals surface area contributed by atoms with Crippen molar-refractivity contribution in [2.75, 3.05) is 38.6 Å². The first kappa shape index (κ1) is 32.3. The number of methoxy groups -OCH3 is 1. The maximum absolute atomic E-state index is 13.5. The summed E-state index contributed by atoms with van der Waals surface area (Å²) in [5.74, 6) is -0.264. The number of alkyl halides is 3. The molecule has 0 saturated carbocycles. The highest BCUT2D eigenvalue weighted by Gasteiger charge is 2.32. The molecule has 0 unspecified atom stereocenters. The number of aryl methyl sites for hydroxylation is 1. The molecule has 3 atom stereocenters. The first-order valence-corrected chi connectivity index (χ1v) is 15.1. The van der Waals surface area contributed by atoms with E-state index in [1.807, 2.05) is 18.7 Å². The topological polar surface area (TPSA) is 106 Å². The molecule has 1 N–H and O–H groups in total. The maximum atomic E-state index is 13.5. The molecule has 0 radical (unpaired) electrons. The van der Waals surface area contributed by atoms with Gasteiger partial charge in [-0.1, -0.05) is 25.1 Å². The quantitative estimate of drug-likeness (QED) is 0.438. The van der Waals surface area contributed by atoms with Crippen molar-refractivity contribution >= 4 is 21.6 Å². The summed E-state index contributed by atoms with van der Waals surface area (Å²) >= 11 is 0. The van der Waals surface area contributed by atoms with Gasteiger partial charge < -0.3 is 18.9 Å². The van der Waals surface area contributed by atoms with Crippen molar-refractivity contribution in [2.24, 2.45) is 13.0 Å². The Labute approximate surface area is 249 Å². The number of halogens is 3. The van der Waals surface area contributed by atoms with Crippen LogP contribution in [0.5, 0.6) is 5.75 Å². The number of nitrogens with one attached hydrogen (secondary N) is 1. The lowest BCUT2D eigenvalue weighted by molar-refractivity contribution is -0.137. The number of fused-ring (bicyclic) bond motifs is 1. The Hall–Kier alpha value is -3.62. The number of nitrogens with zero attached hydrogens (tertiary/aromatic N) is 4. The summed E-state index contributed by atoms with van der Waals surface area (Å²) in [4.78, 5) is 20.9. The standard InChI is InChI=1S/C29H36F3N5O5S/c1-19-13-37(14-21-7-6-8-22(11-21)29(30,31)32)20(2)17-42-25-12-23(34-43(39,40)27-16-35(3)18-33-27)9-10-24(25)28(38)36(4)15-26(19)41-5/h6-12,16,18-20,26,34H,13-15,17H2,1-5H3/t19-,20-,26-/m1/s1. The molecule has 0 saturated heterocycles. The highest BCUT2D eigenvalue weighted by Crippen LogP contribution is 2.31. The van der Waals surface area contributed by atoms with Gasteiger partial charge in [0.25, 0.3) is 15.9 Å². The van der Waals surface area contributed by atoms with Gasteiger partial charge >= 0.3 is 6.18 Å². The van der Waals surface area contributed by atoms with E-state index in [0.717, 1.165) is 12.1 Å². The fraction of sp³-hybridized carbons (Fsp3) is 0.448. The minimum absolute atomic E-state index is 0.0732. The lowest BCUT2D eigenvalue weighted by Gasteiger charge is -2.36. The van der Waals surface area contributed by atoms with Crippen LogP contribution in [-0.2, 0) is 34.5 Å². The molecule has 3 aromatic rings. The molecule has 10 nitrogen and oxygen atoms in total. The molecule has 0 bridgehead atoms. The largest absolute Gasteiger partial charge is 0.491 e. The molecule has 2 aromatic carbocycles. The fourth-order valence-electron chi connectivity index (χ4n) is 4.95. The first-order chi connectivity index (χ1) is 20.2. The molecule has 2 heterocycles. The van der Waals surface area contributed by atoms with E-state index >= 15 is 0 Å². The number of imidazole rings is 1. The number of carbonyl (C=O) groups is 1. The van der Waals surface area contributed by atoms with Crippen LogP contribution in [0.1, 0.15) is 35.3 Å². The van der Waals surface area contributed by atoms with Crippen molar-refractivity contribution in [3.05, 3.63) is 71.7 Å². The second kappa shape index (κ2) is 12.9. The number of likely N-dealkylation sites (N-methyl/N-ethyl adjacent to an activating group) is 1. The first-order valence-electron chi connectivity index (χ1n) is 13.6. The summed E-state index contributed by atoms with van der Waals surface area (Å²) in [7, 11) is 0.838. The molecule has 1 aliphatic rings. The van der Waals surface area contributed by atoms with Gasteiger partial charge in [0, 0.05) is 59.1 Å². The van der Waals surface area contributed by atoms with Crippen LogP contribution < -0.4 is 9.46 Å². The summed E-state index contributed by atoms with van der Waals surface area (Å²) in [5, 5.41) is -0.168. The van der Waals surface area contributed by atoms with Gasteiger partial charge in [0.1, 0.15) is 12.4 Å². The number of benzene rings is 2. The van der Waals surface area contributed by atoms with Crippen LogP contribution in [0.25, 0.3) is 0 Å². The maximum Gasteiger partial charge on any atom is 0.416 e. The molecule has 14 heteroatoms. The number of ether oxygens (including phenoxy) is 2. The molecule has 0 fully saturated rings. The van der Waals surface area contributed by atoms with E-state index in [0.29, 0.717) is 12.1 Å². The van der Waals surface area contributed by atoms with E-state index in [4.69, 9.17) is 9.47 Å². The van der Waals surface area contributed by atoms with Crippen molar-refractivity contribution < 1.29 is 35.9 Å². The van der Waals surface area contributed by atoms with E-state index in [2.05, 4.69) is 9.71 Å². The Morgan fingerprint density at radius 1 is 1.12 bits per heavy atom. The van der Waals surface area contributed by atoms with E-state index < -0.39 is 21.8 Å². The second-order valence-electron chi connectivity index (χ2n) is 10.9. The van der Waals surface area contributed by atoms with Gasteiger partial charge in [-0.25, -0.2) is 4.98 Å². The fourth-order valence-corrected chi connectivity index (χ4v) is 5.98. The molecule has 1 aliphatic heterocycles. The van der Waals surface area contributed by atoms with E-state index in [1.54, 1.807) is 27.3 Å². The predicted octanol–water partition coefficient (Wildman–Crippen LogP) is 4.25. The number of hydrogen-bond donors (Lipinski definition) is 1. The number of amides is 1. The molecule has 43 heavy (non-hydrogen) atoms. The van der Waals surface area contributed by atoms with Crippen molar-refractivity contribution in [3.8, 4) is 5.75 Å². The Balaban J connectivity index is 1.66. The molecular formula is C29H36F3N5O5S. The lowest BCUT2D eigenvalue weighted by atomic mass is 10.0. The van der Waals surface area contributed by atoms with Crippen LogP contribution >= 0.6 is 0 Å². The SMILES string of the molecule is CO[C@@H]1CN(C)C(=O)c2ccc(NS(=O)(=O)c3cn(C)cn3)cc2OC[C@@H](C)N(Cc2cccc(C(F)(F)F)c2)C[C@H]1C. The van der Waals surface area contributed by atoms with Crippen LogP contribution in [0.2, 0.25) is 0 Å². The summed E-state index contributed by atoms with van der Waals surface area (Å²) in [5.41, 5.74) is 0.168. The van der Waals surface area contributed by atoms with Gasteiger partial charge in [-0.15, -0.1) is 0 Å². The Kier molecular flexibility index (Phi) is 9.72. The predicted molar refractivity (Wildman–Crippen MR) is 154 cm³/mol. The zero-order valence-electron chi connectivity index (χ0n) is 24.6. The summed E-state index contributed by atoms with van der Waals surface area (Å²) in [6, 6.07) is 9.33. The molecule has 4 rings (SSSR count). The third kappa shape index (κ3) is 7.86. The minimum atomic E-state index is -4.46. The van der Waals surface area contributed by atoms with Crippen LogP contribution in [0.4, 0.5) is 18.9 Å². The number of anilines is 1. The van der Waals surface area contributed by atoms with E-state index in [9.17, 15) is 26.4 Å². The number of carbonyl (C=O) groups excluding carboxylic acids is 1. The smallest absolute Gasteiger partial charge is 0.416 e. The third-order valence-corrected chi connectivity index (χ3v) is 8.69. The van der Waals surface area contributed by atoms with Gasteiger partial charge in [0.15, 0.2) is 5.03 Å². The van der Waals surface area contributed by atoms with Crippen molar-refractivity contribution in [1.82, 2.24) is 19.4 Å². The Morgan fingerprint density at radius 3 is 2.51 bits per heavy atom. The summed E-state index contributed by atoms with van der Waals surface area (Å²) < 4.78 is 81.8. The molecule has 1 amide bonds. The third-order valence-electron chi connectivity index (χ3n) is 7.42. The number of sulfonamides is 1. The monoisotopic (exact) mass is 623 g/mol. The average molecular weight is 624 g/mol. The van der Waals surface area contributed by atoms with Gasteiger partial charge in [-0.3, -0.25) is 14.4 Å². The molecule has 0 spiro atoms. The molecular weight excluding hydrogens is 587 g/mol. The average Bonchev–Trinajstić information content (AvgIpc) is 3.40. The zero-order chi connectivity index (χ0) is 31.5. The Bertz CT molecular complexity index is 1550. The van der Waals surface area contributed by atoms with Crippen LogP contribution in [-0.4, -0.2) is 79.7 Å². The lowest BCUT2D eigenvalue weighted by Crippen LogP contribution is -2.46. The zero-order valence-corrected chi connectivity index (χ0v) is 25.4. The van der Waals surface area contributed by atoms with Gasteiger partial charge in [0.05, 0.1) is 29.2 Å². The number of aromatic nitrogens is 2. The number of rotatable bonds is 6. The second-order valence-corrected chi connectivity index (χ2v) is 12.5. The van der Waals surface area contributed by atoms with E-state index in [1.165, 1.54) is 46.3 Å². The highest BCUT2D eigenvalue weighted by atomic mass is 32.2. The molecule has 234 valence electrons. The minimum Gasteiger partial charge on any atom is -0.491 e. The van der Waals surface area contributed by atoms with Crippen molar-refractivity contribution in [2.45, 2.75) is 43.7 Å². The normalized spacial score (nSPS) is 21.0. The number of hydrogen-bond acceptors (Lipinski definition) is 7. The van der Waals surface area contributed by atoms with Crippen LogP contribution in [0.3, 0.4) is 0 Å². The van der Waals surface area contributed by atoms with Crippen molar-refractivity contribution in [3.63, 3.8) is 0 Å². The van der Waals surface area contributed by atoms with E-state index in [-0.39, 0.29) is 65.7 Å². The molecule has 1 aromatic heterocycles.